The zero-order valence-corrected chi connectivity index (χ0v) is 13.1. The van der Waals surface area contributed by atoms with Gasteiger partial charge >= 0.3 is 5.97 Å². The van der Waals surface area contributed by atoms with Crippen molar-refractivity contribution in [3.63, 3.8) is 0 Å². The van der Waals surface area contributed by atoms with E-state index in [1.165, 1.54) is 5.39 Å². The van der Waals surface area contributed by atoms with Gasteiger partial charge in [-0.3, -0.25) is 9.69 Å². The fourth-order valence-electron chi connectivity index (χ4n) is 2.63. The third-order valence-corrected chi connectivity index (χ3v) is 4.74. The van der Waals surface area contributed by atoms with Crippen LogP contribution in [0.1, 0.15) is 5.56 Å². The van der Waals surface area contributed by atoms with Gasteiger partial charge in [0.15, 0.2) is 0 Å². The van der Waals surface area contributed by atoms with Crippen molar-refractivity contribution in [3.8, 4) is 5.75 Å². The largest absolute Gasteiger partial charge is 0.496 e. The molecule has 1 fully saturated rings. The number of methoxy groups -OCH3 is 1. The van der Waals surface area contributed by atoms with Crippen molar-refractivity contribution in [1.29, 1.82) is 0 Å². The lowest BCUT2D eigenvalue weighted by molar-refractivity contribution is -0.137. The minimum absolute atomic E-state index is 0.0804. The summed E-state index contributed by atoms with van der Waals surface area (Å²) < 4.78 is 5.49. The van der Waals surface area contributed by atoms with E-state index in [9.17, 15) is 4.79 Å². The number of hydrogen-bond acceptors (Lipinski definition) is 4. The molecule has 4 nitrogen and oxygen atoms in total. The molecule has 114 valence electrons. The lowest BCUT2D eigenvalue weighted by atomic mass is 10.0. The van der Waals surface area contributed by atoms with Crippen LogP contribution in [-0.2, 0) is 4.79 Å². The summed E-state index contributed by atoms with van der Waals surface area (Å²) in [6.45, 7) is 0.750. The van der Waals surface area contributed by atoms with Crippen molar-refractivity contribution in [1.82, 2.24) is 4.90 Å². The number of ether oxygens (including phenoxy) is 1. The molecule has 1 aliphatic heterocycles. The normalized spacial score (nSPS) is 17.2. The maximum atomic E-state index is 10.8. The minimum Gasteiger partial charge on any atom is -0.496 e. The number of nitrogens with zero attached hydrogens (tertiary/aromatic N) is 1. The van der Waals surface area contributed by atoms with Crippen molar-refractivity contribution in [3.05, 3.63) is 46.9 Å². The van der Waals surface area contributed by atoms with Crippen LogP contribution < -0.4 is 4.74 Å². The van der Waals surface area contributed by atoms with Gasteiger partial charge < -0.3 is 9.84 Å². The number of carboxylic acid groups (broad SMARTS) is 1. The molecule has 0 amide bonds. The molecule has 3 rings (SSSR count). The van der Waals surface area contributed by atoms with E-state index in [1.807, 2.05) is 23.1 Å². The van der Waals surface area contributed by atoms with Gasteiger partial charge in [-0.2, -0.15) is 0 Å². The Hall–Kier alpha value is -1.98. The highest BCUT2D eigenvalue weighted by Crippen LogP contribution is 2.34. The van der Waals surface area contributed by atoms with Gasteiger partial charge in [0, 0.05) is 22.9 Å². The maximum absolute atomic E-state index is 10.8. The Kier molecular flexibility index (Phi) is 4.36. The topological polar surface area (TPSA) is 49.8 Å². The van der Waals surface area contributed by atoms with Gasteiger partial charge in [0.1, 0.15) is 5.75 Å². The van der Waals surface area contributed by atoms with Crippen LogP contribution in [0.5, 0.6) is 5.75 Å². The number of benzene rings is 2. The SMILES string of the molecule is COc1ccc2ccccc2c1C=C1CN(CC(=O)O)CS1. The molecule has 2 aromatic carbocycles. The van der Waals surface area contributed by atoms with Gasteiger partial charge in [-0.15, -0.1) is 11.8 Å². The van der Waals surface area contributed by atoms with Crippen LogP contribution in [0.3, 0.4) is 0 Å². The van der Waals surface area contributed by atoms with Crippen molar-refractivity contribution < 1.29 is 14.6 Å². The highest BCUT2D eigenvalue weighted by Gasteiger charge is 2.20. The molecule has 0 saturated carbocycles. The van der Waals surface area contributed by atoms with Gasteiger partial charge in [-0.25, -0.2) is 0 Å². The Morgan fingerprint density at radius 1 is 1.36 bits per heavy atom. The molecule has 22 heavy (non-hydrogen) atoms. The first-order valence-corrected chi connectivity index (χ1v) is 7.99. The van der Waals surface area contributed by atoms with E-state index < -0.39 is 5.97 Å². The van der Waals surface area contributed by atoms with Gasteiger partial charge in [0.25, 0.3) is 0 Å². The monoisotopic (exact) mass is 315 g/mol. The second-order valence-electron chi connectivity index (χ2n) is 5.17. The number of carbonyl (C=O) groups is 1. The summed E-state index contributed by atoms with van der Waals surface area (Å²) >= 11 is 1.68. The van der Waals surface area contributed by atoms with Gasteiger partial charge in [-0.05, 0) is 22.9 Å². The van der Waals surface area contributed by atoms with Gasteiger partial charge in [0.2, 0.25) is 0 Å². The summed E-state index contributed by atoms with van der Waals surface area (Å²) in [6, 6.07) is 12.2. The Labute approximate surface area is 133 Å². The molecule has 1 heterocycles. The number of thioether (sulfide) groups is 1. The number of rotatable bonds is 4. The Balaban J connectivity index is 1.96. The van der Waals surface area contributed by atoms with Crippen molar-refractivity contribution in [2.24, 2.45) is 0 Å². The summed E-state index contributed by atoms with van der Waals surface area (Å²) in [4.78, 5) is 13.9. The zero-order valence-electron chi connectivity index (χ0n) is 12.3. The Bertz CT molecular complexity index is 742. The van der Waals surface area contributed by atoms with E-state index in [0.717, 1.165) is 21.6 Å². The van der Waals surface area contributed by atoms with E-state index in [4.69, 9.17) is 9.84 Å². The van der Waals surface area contributed by atoms with E-state index >= 15 is 0 Å². The van der Waals surface area contributed by atoms with E-state index in [1.54, 1.807) is 18.9 Å². The van der Waals surface area contributed by atoms with Crippen LogP contribution in [0.2, 0.25) is 0 Å². The lowest BCUT2D eigenvalue weighted by Crippen LogP contribution is -2.26. The fourth-order valence-corrected chi connectivity index (χ4v) is 3.64. The third kappa shape index (κ3) is 3.10. The number of carboxylic acids is 1. The maximum Gasteiger partial charge on any atom is 0.317 e. The third-order valence-electron chi connectivity index (χ3n) is 3.63. The van der Waals surface area contributed by atoms with Crippen molar-refractivity contribution in [2.75, 3.05) is 26.1 Å². The fraction of sp³-hybridized carbons (Fsp3) is 0.235. The highest BCUT2D eigenvalue weighted by molar-refractivity contribution is 8.03. The number of fused-ring (bicyclic) bond motifs is 1. The van der Waals surface area contributed by atoms with E-state index in [0.29, 0.717) is 12.4 Å². The van der Waals surface area contributed by atoms with Crippen LogP contribution >= 0.6 is 11.8 Å². The first-order valence-electron chi connectivity index (χ1n) is 7.00. The molecule has 0 aliphatic carbocycles. The van der Waals surface area contributed by atoms with Crippen LogP contribution in [0.25, 0.3) is 16.8 Å². The summed E-state index contributed by atoms with van der Waals surface area (Å²) in [5.41, 5.74) is 1.06. The highest BCUT2D eigenvalue weighted by atomic mass is 32.2. The summed E-state index contributed by atoms with van der Waals surface area (Å²) in [5.74, 6) is 0.763. The molecule has 0 unspecified atom stereocenters. The van der Waals surface area contributed by atoms with Crippen molar-refractivity contribution >= 4 is 34.6 Å². The first kappa shape index (κ1) is 14.9. The molecule has 0 atom stereocenters. The van der Waals surface area contributed by atoms with Gasteiger partial charge in [0.05, 0.1) is 13.7 Å². The van der Waals surface area contributed by atoms with Crippen LogP contribution in [-0.4, -0.2) is 42.1 Å². The standard InChI is InChI=1S/C17H17NO3S/c1-21-16-7-6-12-4-2-3-5-14(12)15(16)8-13-9-18(11-22-13)10-17(19)20/h2-8H,9-11H2,1H3,(H,19,20). The molecule has 0 bridgehead atoms. The summed E-state index contributed by atoms with van der Waals surface area (Å²) in [5, 5.41) is 11.2. The Morgan fingerprint density at radius 3 is 2.95 bits per heavy atom. The molecular weight excluding hydrogens is 298 g/mol. The molecule has 0 aromatic heterocycles. The minimum atomic E-state index is -0.787. The van der Waals surface area contributed by atoms with Crippen molar-refractivity contribution in [2.45, 2.75) is 0 Å². The van der Waals surface area contributed by atoms with E-state index in [-0.39, 0.29) is 6.54 Å². The molecule has 1 saturated heterocycles. The Morgan fingerprint density at radius 2 is 2.18 bits per heavy atom. The summed E-state index contributed by atoms with van der Waals surface area (Å²) in [6.07, 6.45) is 2.12. The quantitative estimate of drug-likeness (QED) is 0.938. The number of aliphatic carboxylic acids is 1. The smallest absolute Gasteiger partial charge is 0.317 e. The average molecular weight is 315 g/mol. The predicted octanol–water partition coefficient (Wildman–Crippen LogP) is 3.28. The summed E-state index contributed by atoms with van der Waals surface area (Å²) in [7, 11) is 1.67. The van der Waals surface area contributed by atoms with E-state index in [2.05, 4.69) is 24.3 Å². The molecule has 0 radical (unpaired) electrons. The zero-order chi connectivity index (χ0) is 15.5. The second-order valence-corrected chi connectivity index (χ2v) is 6.24. The first-order chi connectivity index (χ1) is 10.7. The van der Waals surface area contributed by atoms with Crippen LogP contribution in [0.15, 0.2) is 41.3 Å². The second kappa shape index (κ2) is 6.42. The molecule has 1 N–H and O–H groups in total. The number of hydrogen-bond donors (Lipinski definition) is 1. The molecule has 0 spiro atoms. The average Bonchev–Trinajstić information content (AvgIpc) is 2.94. The molecule has 1 aliphatic rings. The van der Waals surface area contributed by atoms with Crippen LogP contribution in [0, 0.1) is 0 Å². The van der Waals surface area contributed by atoms with Gasteiger partial charge in [-0.1, -0.05) is 30.3 Å². The predicted molar refractivity (Wildman–Crippen MR) is 90.1 cm³/mol. The molecule has 5 heteroatoms. The van der Waals surface area contributed by atoms with Crippen LogP contribution in [0.4, 0.5) is 0 Å². The molecule has 2 aromatic rings. The molecular formula is C17H17NO3S. The lowest BCUT2D eigenvalue weighted by Gasteiger charge is -2.10.